The van der Waals surface area contributed by atoms with Gasteiger partial charge in [-0.25, -0.2) is 0 Å². The summed E-state index contributed by atoms with van der Waals surface area (Å²) in [5, 5.41) is 12.1. The summed E-state index contributed by atoms with van der Waals surface area (Å²) in [6.07, 6.45) is 0. The standard InChI is InChI=1S/C17H18N2O/c1-14-4-2-7-17(10-14)20-9-8-19-13-16-6-3-5-15(11-16)12-18/h2-7,10-11,19H,8-9,13H2,1H3. The van der Waals surface area contributed by atoms with Crippen molar-refractivity contribution < 1.29 is 4.74 Å². The Balaban J connectivity index is 1.70. The molecule has 102 valence electrons. The van der Waals surface area contributed by atoms with Gasteiger partial charge in [-0.05, 0) is 42.3 Å². The number of benzene rings is 2. The van der Waals surface area contributed by atoms with Gasteiger partial charge in [-0.3, -0.25) is 0 Å². The fourth-order valence-electron chi connectivity index (χ4n) is 1.93. The van der Waals surface area contributed by atoms with Crippen molar-refractivity contribution in [2.45, 2.75) is 13.5 Å². The van der Waals surface area contributed by atoms with E-state index in [-0.39, 0.29) is 0 Å². The maximum absolute atomic E-state index is 8.83. The third kappa shape index (κ3) is 4.42. The van der Waals surface area contributed by atoms with Crippen LogP contribution in [-0.2, 0) is 6.54 Å². The Morgan fingerprint density at radius 1 is 1.15 bits per heavy atom. The van der Waals surface area contributed by atoms with E-state index < -0.39 is 0 Å². The summed E-state index contributed by atoms with van der Waals surface area (Å²) in [5.74, 6) is 0.901. The molecule has 2 aromatic carbocycles. The summed E-state index contributed by atoms with van der Waals surface area (Å²) in [4.78, 5) is 0. The Morgan fingerprint density at radius 3 is 2.80 bits per heavy atom. The molecule has 0 saturated heterocycles. The molecule has 0 bridgehead atoms. The molecule has 0 amide bonds. The van der Waals surface area contributed by atoms with Gasteiger partial charge in [0.15, 0.2) is 0 Å². The van der Waals surface area contributed by atoms with Crippen molar-refractivity contribution in [2.24, 2.45) is 0 Å². The number of nitrogens with one attached hydrogen (secondary N) is 1. The molecule has 0 aliphatic heterocycles. The van der Waals surface area contributed by atoms with E-state index in [4.69, 9.17) is 10.00 Å². The lowest BCUT2D eigenvalue weighted by atomic mass is 10.1. The van der Waals surface area contributed by atoms with Crippen LogP contribution in [0.3, 0.4) is 0 Å². The van der Waals surface area contributed by atoms with Gasteiger partial charge in [-0.1, -0.05) is 24.3 Å². The summed E-state index contributed by atoms with van der Waals surface area (Å²) < 4.78 is 5.65. The summed E-state index contributed by atoms with van der Waals surface area (Å²) in [7, 11) is 0. The molecule has 0 aliphatic carbocycles. The van der Waals surface area contributed by atoms with Crippen LogP contribution in [-0.4, -0.2) is 13.2 Å². The van der Waals surface area contributed by atoms with Crippen LogP contribution < -0.4 is 10.1 Å². The number of hydrogen-bond acceptors (Lipinski definition) is 3. The van der Waals surface area contributed by atoms with E-state index >= 15 is 0 Å². The van der Waals surface area contributed by atoms with Crippen LogP contribution in [0.1, 0.15) is 16.7 Å². The van der Waals surface area contributed by atoms with Crippen molar-refractivity contribution in [3.8, 4) is 11.8 Å². The van der Waals surface area contributed by atoms with Gasteiger partial charge >= 0.3 is 0 Å². The molecule has 0 spiro atoms. The molecule has 0 aromatic heterocycles. The molecule has 0 aliphatic rings. The van der Waals surface area contributed by atoms with Gasteiger partial charge in [0.2, 0.25) is 0 Å². The van der Waals surface area contributed by atoms with Crippen LogP contribution in [0, 0.1) is 18.3 Å². The highest BCUT2D eigenvalue weighted by atomic mass is 16.5. The fraction of sp³-hybridized carbons (Fsp3) is 0.235. The van der Waals surface area contributed by atoms with Crippen molar-refractivity contribution in [3.05, 3.63) is 65.2 Å². The third-order valence-corrected chi connectivity index (χ3v) is 2.92. The minimum Gasteiger partial charge on any atom is -0.492 e. The van der Waals surface area contributed by atoms with Gasteiger partial charge in [-0.2, -0.15) is 5.26 Å². The Kier molecular flexibility index (Phi) is 5.16. The number of aryl methyl sites for hydroxylation is 1. The lowest BCUT2D eigenvalue weighted by Gasteiger charge is -2.08. The molecule has 0 heterocycles. The minimum atomic E-state index is 0.626. The van der Waals surface area contributed by atoms with E-state index in [9.17, 15) is 0 Å². The van der Waals surface area contributed by atoms with Crippen LogP contribution in [0.4, 0.5) is 0 Å². The largest absolute Gasteiger partial charge is 0.492 e. The van der Waals surface area contributed by atoms with Crippen molar-refractivity contribution in [2.75, 3.05) is 13.2 Å². The highest BCUT2D eigenvalue weighted by Gasteiger charge is 1.96. The van der Waals surface area contributed by atoms with Crippen molar-refractivity contribution in [1.82, 2.24) is 5.32 Å². The maximum atomic E-state index is 8.83. The quantitative estimate of drug-likeness (QED) is 0.817. The van der Waals surface area contributed by atoms with Gasteiger partial charge < -0.3 is 10.1 Å². The second kappa shape index (κ2) is 7.32. The van der Waals surface area contributed by atoms with Gasteiger partial charge in [0.05, 0.1) is 11.6 Å². The van der Waals surface area contributed by atoms with Crippen molar-refractivity contribution in [1.29, 1.82) is 5.26 Å². The van der Waals surface area contributed by atoms with Crippen molar-refractivity contribution in [3.63, 3.8) is 0 Å². The first kappa shape index (κ1) is 14.1. The van der Waals surface area contributed by atoms with Gasteiger partial charge in [0.1, 0.15) is 12.4 Å². The van der Waals surface area contributed by atoms with Crippen LogP contribution >= 0.6 is 0 Å². The zero-order chi connectivity index (χ0) is 14.2. The third-order valence-electron chi connectivity index (χ3n) is 2.92. The van der Waals surface area contributed by atoms with E-state index in [1.807, 2.05) is 55.5 Å². The number of rotatable bonds is 6. The molecule has 0 radical (unpaired) electrons. The number of ether oxygens (including phenoxy) is 1. The molecule has 3 heteroatoms. The monoisotopic (exact) mass is 266 g/mol. The topological polar surface area (TPSA) is 45.0 Å². The SMILES string of the molecule is Cc1cccc(OCCNCc2cccc(C#N)c2)c1. The highest BCUT2D eigenvalue weighted by molar-refractivity contribution is 5.32. The number of nitriles is 1. The first-order valence-corrected chi connectivity index (χ1v) is 6.67. The first-order valence-electron chi connectivity index (χ1n) is 6.67. The minimum absolute atomic E-state index is 0.626. The first-order chi connectivity index (χ1) is 9.78. The zero-order valence-corrected chi connectivity index (χ0v) is 11.6. The van der Waals surface area contributed by atoms with E-state index in [0.29, 0.717) is 12.2 Å². The Bertz CT molecular complexity index is 602. The summed E-state index contributed by atoms with van der Waals surface area (Å²) in [6.45, 7) is 4.19. The zero-order valence-electron chi connectivity index (χ0n) is 11.6. The summed E-state index contributed by atoms with van der Waals surface area (Å²) in [6, 6.07) is 17.8. The van der Waals surface area contributed by atoms with Gasteiger partial charge in [0, 0.05) is 13.1 Å². The Hall–Kier alpha value is -2.31. The molecule has 2 aromatic rings. The maximum Gasteiger partial charge on any atom is 0.119 e. The predicted molar refractivity (Wildman–Crippen MR) is 79.5 cm³/mol. The average Bonchev–Trinajstić information content (AvgIpc) is 2.47. The fourth-order valence-corrected chi connectivity index (χ4v) is 1.93. The van der Waals surface area contributed by atoms with E-state index in [0.717, 1.165) is 24.4 Å². The summed E-state index contributed by atoms with van der Waals surface area (Å²) >= 11 is 0. The highest BCUT2D eigenvalue weighted by Crippen LogP contribution is 2.11. The van der Waals surface area contributed by atoms with E-state index in [2.05, 4.69) is 11.4 Å². The predicted octanol–water partition coefficient (Wildman–Crippen LogP) is 3.04. The Labute approximate surface area is 119 Å². The van der Waals surface area contributed by atoms with E-state index in [1.54, 1.807) is 0 Å². The lowest BCUT2D eigenvalue weighted by molar-refractivity contribution is 0.313. The normalized spacial score (nSPS) is 10.0. The molecule has 0 saturated carbocycles. The summed E-state index contributed by atoms with van der Waals surface area (Å²) in [5.41, 5.74) is 3.00. The molecule has 2 rings (SSSR count). The number of nitrogens with zero attached hydrogens (tertiary/aromatic N) is 1. The van der Waals surface area contributed by atoms with Gasteiger partial charge in [-0.15, -0.1) is 0 Å². The molecule has 20 heavy (non-hydrogen) atoms. The second-order valence-electron chi connectivity index (χ2n) is 4.65. The number of hydrogen-bond donors (Lipinski definition) is 1. The average molecular weight is 266 g/mol. The molecule has 0 unspecified atom stereocenters. The van der Waals surface area contributed by atoms with Crippen LogP contribution in [0.15, 0.2) is 48.5 Å². The smallest absolute Gasteiger partial charge is 0.119 e. The molecule has 3 nitrogen and oxygen atoms in total. The van der Waals surface area contributed by atoms with E-state index in [1.165, 1.54) is 5.56 Å². The Morgan fingerprint density at radius 2 is 2.00 bits per heavy atom. The van der Waals surface area contributed by atoms with Crippen LogP contribution in [0.5, 0.6) is 5.75 Å². The molecule has 1 N–H and O–H groups in total. The molecular weight excluding hydrogens is 248 g/mol. The van der Waals surface area contributed by atoms with Crippen LogP contribution in [0.25, 0.3) is 0 Å². The lowest BCUT2D eigenvalue weighted by Crippen LogP contribution is -2.20. The molecule has 0 fully saturated rings. The van der Waals surface area contributed by atoms with Crippen molar-refractivity contribution >= 4 is 0 Å². The van der Waals surface area contributed by atoms with Crippen LogP contribution in [0.2, 0.25) is 0 Å². The molecule has 0 atom stereocenters. The van der Waals surface area contributed by atoms with Gasteiger partial charge in [0.25, 0.3) is 0 Å². The molecular formula is C17H18N2O. The second-order valence-corrected chi connectivity index (χ2v) is 4.65.